The van der Waals surface area contributed by atoms with Crippen molar-refractivity contribution in [3.63, 3.8) is 0 Å². The molecule has 0 amide bonds. The molecule has 0 spiro atoms. The number of carbonyl (C=O) groups is 1. The van der Waals surface area contributed by atoms with Crippen LogP contribution < -0.4 is 10.8 Å². The Labute approximate surface area is 188 Å². The van der Waals surface area contributed by atoms with Gasteiger partial charge in [-0.15, -0.1) is 0 Å². The SMILES string of the molecule is CC(C)C[C@H](NCCc1ccc(B2OC(C)(C)C(C)(C)O2)cc1)C(=O)OC1CCCC1. The molecular weight excluding hydrogens is 389 g/mol. The monoisotopic (exact) mass is 429 g/mol. The number of rotatable bonds is 9. The van der Waals surface area contributed by atoms with Crippen LogP contribution in [0.2, 0.25) is 0 Å². The third kappa shape index (κ3) is 6.33. The van der Waals surface area contributed by atoms with E-state index in [0.29, 0.717) is 5.92 Å². The highest BCUT2D eigenvalue weighted by Gasteiger charge is 2.51. The predicted octanol–water partition coefficient (Wildman–Crippen LogP) is 4.02. The number of nitrogens with one attached hydrogen (secondary N) is 1. The molecule has 1 atom stereocenters. The Morgan fingerprint density at radius 2 is 1.68 bits per heavy atom. The molecular formula is C25H40BNO4. The fraction of sp³-hybridized carbons (Fsp3) is 0.720. The van der Waals surface area contributed by atoms with E-state index >= 15 is 0 Å². The Balaban J connectivity index is 1.50. The van der Waals surface area contributed by atoms with Gasteiger partial charge in [-0.05, 0) is 89.7 Å². The standard InChI is InChI=1S/C25H40BNO4/c1-18(2)17-22(23(28)29-21-9-7-8-10-21)27-16-15-19-11-13-20(14-12-19)26-30-24(3,4)25(5,6)31-26/h11-14,18,21-22,27H,7-10,15-17H2,1-6H3/t22-/m0/s1. The van der Waals surface area contributed by atoms with Crippen molar-refractivity contribution in [3.8, 4) is 0 Å². The summed E-state index contributed by atoms with van der Waals surface area (Å²) >= 11 is 0. The van der Waals surface area contributed by atoms with Crippen LogP contribution in [0.25, 0.3) is 0 Å². The van der Waals surface area contributed by atoms with Crippen LogP contribution in [0.5, 0.6) is 0 Å². The van der Waals surface area contributed by atoms with Gasteiger partial charge in [0.25, 0.3) is 0 Å². The van der Waals surface area contributed by atoms with Crippen LogP contribution in [0, 0.1) is 5.92 Å². The van der Waals surface area contributed by atoms with Crippen molar-refractivity contribution in [1.29, 1.82) is 0 Å². The van der Waals surface area contributed by atoms with Gasteiger partial charge in [0, 0.05) is 0 Å². The predicted molar refractivity (Wildman–Crippen MR) is 125 cm³/mol. The zero-order valence-corrected chi connectivity index (χ0v) is 20.2. The van der Waals surface area contributed by atoms with Crippen molar-refractivity contribution >= 4 is 18.6 Å². The fourth-order valence-corrected chi connectivity index (χ4v) is 4.20. The summed E-state index contributed by atoms with van der Waals surface area (Å²) in [6, 6.07) is 8.17. The molecule has 1 heterocycles. The van der Waals surface area contributed by atoms with E-state index in [9.17, 15) is 4.79 Å². The first kappa shape index (κ1) is 24.3. The van der Waals surface area contributed by atoms with Crippen molar-refractivity contribution in [2.75, 3.05) is 6.54 Å². The first-order valence-electron chi connectivity index (χ1n) is 12.0. The molecule has 0 aromatic heterocycles. The van der Waals surface area contributed by atoms with Crippen molar-refractivity contribution in [2.45, 2.75) is 103 Å². The van der Waals surface area contributed by atoms with Crippen LogP contribution in [0.1, 0.15) is 79.2 Å². The molecule has 0 bridgehead atoms. The van der Waals surface area contributed by atoms with E-state index in [-0.39, 0.29) is 36.4 Å². The zero-order valence-electron chi connectivity index (χ0n) is 20.2. The number of hydrogen-bond donors (Lipinski definition) is 1. The van der Waals surface area contributed by atoms with Crippen LogP contribution in [-0.2, 0) is 25.3 Å². The van der Waals surface area contributed by atoms with Gasteiger partial charge in [-0.3, -0.25) is 4.79 Å². The Morgan fingerprint density at radius 1 is 1.10 bits per heavy atom. The molecule has 1 aromatic rings. The summed E-state index contributed by atoms with van der Waals surface area (Å²) in [5, 5.41) is 3.44. The zero-order chi connectivity index (χ0) is 22.6. The second-order valence-electron chi connectivity index (χ2n) is 10.6. The largest absolute Gasteiger partial charge is 0.494 e. The number of benzene rings is 1. The van der Waals surface area contributed by atoms with Crippen molar-refractivity contribution in [1.82, 2.24) is 5.32 Å². The minimum absolute atomic E-state index is 0.0864. The first-order valence-corrected chi connectivity index (χ1v) is 12.0. The molecule has 1 saturated carbocycles. The average Bonchev–Trinajstić information content (AvgIpc) is 3.26. The lowest BCUT2D eigenvalue weighted by Gasteiger charge is -2.32. The molecule has 0 radical (unpaired) electrons. The van der Waals surface area contributed by atoms with Crippen LogP contribution in [0.4, 0.5) is 0 Å². The second kappa shape index (κ2) is 10.1. The van der Waals surface area contributed by atoms with Gasteiger partial charge in [-0.1, -0.05) is 38.1 Å². The summed E-state index contributed by atoms with van der Waals surface area (Å²) in [5.74, 6) is 0.351. The topological polar surface area (TPSA) is 56.8 Å². The first-order chi connectivity index (χ1) is 14.6. The third-order valence-electron chi connectivity index (χ3n) is 6.89. The highest BCUT2D eigenvalue weighted by molar-refractivity contribution is 6.62. The molecule has 172 valence electrons. The molecule has 1 N–H and O–H groups in total. The molecule has 1 aliphatic heterocycles. The van der Waals surface area contributed by atoms with Crippen LogP contribution in [0.3, 0.4) is 0 Å². The summed E-state index contributed by atoms with van der Waals surface area (Å²) in [5.41, 5.74) is 1.59. The molecule has 1 aromatic carbocycles. The molecule has 3 rings (SSSR count). The van der Waals surface area contributed by atoms with Crippen LogP contribution in [0.15, 0.2) is 24.3 Å². The third-order valence-corrected chi connectivity index (χ3v) is 6.89. The lowest BCUT2D eigenvalue weighted by atomic mass is 9.79. The van der Waals surface area contributed by atoms with Gasteiger partial charge in [0.05, 0.1) is 11.2 Å². The van der Waals surface area contributed by atoms with Gasteiger partial charge >= 0.3 is 13.1 Å². The van der Waals surface area contributed by atoms with E-state index in [2.05, 4.69) is 71.1 Å². The van der Waals surface area contributed by atoms with Gasteiger partial charge in [-0.25, -0.2) is 0 Å². The highest BCUT2D eigenvalue weighted by Crippen LogP contribution is 2.36. The normalized spacial score (nSPS) is 21.6. The summed E-state index contributed by atoms with van der Waals surface area (Å²) in [7, 11) is -0.335. The maximum Gasteiger partial charge on any atom is 0.494 e. The Morgan fingerprint density at radius 3 is 2.23 bits per heavy atom. The van der Waals surface area contributed by atoms with Gasteiger partial charge < -0.3 is 19.4 Å². The summed E-state index contributed by atoms with van der Waals surface area (Å²) in [6.45, 7) is 13.3. The lowest BCUT2D eigenvalue weighted by molar-refractivity contribution is -0.151. The van der Waals surface area contributed by atoms with Gasteiger partial charge in [0.1, 0.15) is 12.1 Å². The number of ether oxygens (including phenoxy) is 1. The molecule has 2 aliphatic rings. The maximum atomic E-state index is 12.7. The molecule has 1 saturated heterocycles. The second-order valence-corrected chi connectivity index (χ2v) is 10.6. The number of esters is 1. The fourth-order valence-electron chi connectivity index (χ4n) is 4.20. The van der Waals surface area contributed by atoms with Crippen molar-refractivity contribution in [2.24, 2.45) is 5.92 Å². The molecule has 0 unspecified atom stereocenters. The maximum absolute atomic E-state index is 12.7. The molecule has 5 nitrogen and oxygen atoms in total. The highest BCUT2D eigenvalue weighted by atomic mass is 16.7. The van der Waals surface area contributed by atoms with E-state index in [4.69, 9.17) is 14.0 Å². The van der Waals surface area contributed by atoms with E-state index in [1.807, 2.05) is 0 Å². The lowest BCUT2D eigenvalue weighted by Crippen LogP contribution is -2.41. The van der Waals surface area contributed by atoms with E-state index in [1.165, 1.54) is 18.4 Å². The van der Waals surface area contributed by atoms with Gasteiger partial charge in [-0.2, -0.15) is 0 Å². The van der Waals surface area contributed by atoms with Crippen LogP contribution in [-0.4, -0.2) is 43.0 Å². The quantitative estimate of drug-likeness (QED) is 0.475. The minimum Gasteiger partial charge on any atom is -0.461 e. The average molecular weight is 429 g/mol. The smallest absolute Gasteiger partial charge is 0.461 e. The summed E-state index contributed by atoms with van der Waals surface area (Å²) in [4.78, 5) is 12.7. The van der Waals surface area contributed by atoms with Crippen molar-refractivity contribution in [3.05, 3.63) is 29.8 Å². The molecule has 31 heavy (non-hydrogen) atoms. The van der Waals surface area contributed by atoms with Crippen molar-refractivity contribution < 1.29 is 18.8 Å². The van der Waals surface area contributed by atoms with Gasteiger partial charge in [0.15, 0.2) is 0 Å². The number of carbonyl (C=O) groups excluding carboxylic acids is 1. The Bertz CT molecular complexity index is 710. The van der Waals surface area contributed by atoms with Crippen LogP contribution >= 0.6 is 0 Å². The summed E-state index contributed by atoms with van der Waals surface area (Å²) < 4.78 is 18.0. The van der Waals surface area contributed by atoms with E-state index in [1.54, 1.807) is 0 Å². The molecule has 2 fully saturated rings. The number of hydrogen-bond acceptors (Lipinski definition) is 5. The van der Waals surface area contributed by atoms with E-state index < -0.39 is 0 Å². The Hall–Kier alpha value is -1.37. The Kier molecular flexibility index (Phi) is 7.88. The summed E-state index contributed by atoms with van der Waals surface area (Å²) in [6.07, 6.45) is 6.13. The van der Waals surface area contributed by atoms with E-state index in [0.717, 1.165) is 37.7 Å². The minimum atomic E-state index is -0.335. The van der Waals surface area contributed by atoms with Gasteiger partial charge in [0.2, 0.25) is 0 Å². The molecule has 6 heteroatoms. The molecule has 1 aliphatic carbocycles.